The number of hydrogen-bond acceptors (Lipinski definition) is 2. The number of amides is 2. The molecule has 1 aromatic rings. The van der Waals surface area contributed by atoms with Gasteiger partial charge in [-0.05, 0) is 42.5 Å². The summed E-state index contributed by atoms with van der Waals surface area (Å²) in [6.45, 7) is 6.50. The summed E-state index contributed by atoms with van der Waals surface area (Å²) in [6.07, 6.45) is 0.646. The number of anilines is 1. The molecule has 0 aliphatic carbocycles. The highest BCUT2D eigenvalue weighted by Gasteiger charge is 2.18. The van der Waals surface area contributed by atoms with E-state index in [1.807, 2.05) is 20.8 Å². The minimum atomic E-state index is -0.253. The Morgan fingerprint density at radius 2 is 2.11 bits per heavy atom. The Balaban J connectivity index is 2.52. The molecular weight excluding hydrogens is 264 g/mol. The van der Waals surface area contributed by atoms with Crippen molar-refractivity contribution in [2.45, 2.75) is 27.2 Å². The fourth-order valence-corrected chi connectivity index (χ4v) is 1.87. The van der Waals surface area contributed by atoms with Crippen LogP contribution in [0.15, 0.2) is 18.2 Å². The van der Waals surface area contributed by atoms with Gasteiger partial charge < -0.3 is 15.7 Å². The number of rotatable bonds is 5. The van der Waals surface area contributed by atoms with E-state index < -0.39 is 0 Å². The molecule has 0 aliphatic rings. The summed E-state index contributed by atoms with van der Waals surface area (Å²) in [5, 5.41) is 15.2. The molecule has 0 fully saturated rings. The number of carbonyl (C=O) groups is 1. The van der Waals surface area contributed by atoms with Crippen molar-refractivity contribution in [3.05, 3.63) is 28.8 Å². The Kier molecular flexibility index (Phi) is 5.63. The third-order valence-corrected chi connectivity index (χ3v) is 3.19. The van der Waals surface area contributed by atoms with Crippen LogP contribution in [0, 0.1) is 12.3 Å². The molecule has 19 heavy (non-hydrogen) atoms. The van der Waals surface area contributed by atoms with Gasteiger partial charge in [-0.2, -0.15) is 0 Å². The Bertz CT molecular complexity index is 447. The molecule has 1 rings (SSSR count). The average Bonchev–Trinajstić information content (AvgIpc) is 2.30. The minimum Gasteiger partial charge on any atom is -0.396 e. The quantitative estimate of drug-likeness (QED) is 0.778. The van der Waals surface area contributed by atoms with Crippen LogP contribution in [0.1, 0.15) is 25.8 Å². The number of urea groups is 1. The molecule has 4 nitrogen and oxygen atoms in total. The SMILES string of the molecule is Cc1cc(Cl)ccc1NC(=O)NCC(C)(C)CCO. The normalized spacial score (nSPS) is 11.2. The van der Waals surface area contributed by atoms with Crippen LogP contribution in [0.4, 0.5) is 10.5 Å². The van der Waals surface area contributed by atoms with E-state index in [1.165, 1.54) is 0 Å². The van der Waals surface area contributed by atoms with Crippen LogP contribution in [0.25, 0.3) is 0 Å². The number of halogens is 1. The monoisotopic (exact) mass is 284 g/mol. The predicted molar refractivity (Wildman–Crippen MR) is 78.7 cm³/mol. The molecule has 0 heterocycles. The van der Waals surface area contributed by atoms with Gasteiger partial charge in [-0.25, -0.2) is 4.79 Å². The third kappa shape index (κ3) is 5.49. The number of hydrogen-bond donors (Lipinski definition) is 3. The summed E-state index contributed by atoms with van der Waals surface area (Å²) in [4.78, 5) is 11.8. The first-order valence-electron chi connectivity index (χ1n) is 6.26. The van der Waals surface area contributed by atoms with Crippen molar-refractivity contribution in [1.29, 1.82) is 0 Å². The molecule has 1 aromatic carbocycles. The van der Waals surface area contributed by atoms with Crippen LogP contribution in [0.5, 0.6) is 0 Å². The second-order valence-corrected chi connectivity index (χ2v) is 5.84. The van der Waals surface area contributed by atoms with Gasteiger partial charge >= 0.3 is 6.03 Å². The van der Waals surface area contributed by atoms with Gasteiger partial charge in [0.25, 0.3) is 0 Å². The number of aryl methyl sites for hydroxylation is 1. The van der Waals surface area contributed by atoms with E-state index in [0.29, 0.717) is 18.0 Å². The zero-order valence-electron chi connectivity index (χ0n) is 11.6. The van der Waals surface area contributed by atoms with Crippen molar-refractivity contribution in [3.8, 4) is 0 Å². The number of benzene rings is 1. The first-order chi connectivity index (χ1) is 8.84. The molecule has 0 saturated carbocycles. The van der Waals surface area contributed by atoms with Gasteiger partial charge in [-0.1, -0.05) is 25.4 Å². The molecule has 0 atom stereocenters. The zero-order valence-corrected chi connectivity index (χ0v) is 12.3. The molecule has 106 valence electrons. The van der Waals surface area contributed by atoms with Crippen LogP contribution >= 0.6 is 11.6 Å². The predicted octanol–water partition coefficient (Wildman–Crippen LogP) is 3.18. The molecule has 2 amide bonds. The van der Waals surface area contributed by atoms with E-state index in [4.69, 9.17) is 16.7 Å². The highest BCUT2D eigenvalue weighted by atomic mass is 35.5. The lowest BCUT2D eigenvalue weighted by molar-refractivity contribution is 0.204. The summed E-state index contributed by atoms with van der Waals surface area (Å²) in [7, 11) is 0. The van der Waals surface area contributed by atoms with Gasteiger partial charge in [0.2, 0.25) is 0 Å². The Hall–Kier alpha value is -1.26. The van der Waals surface area contributed by atoms with E-state index in [9.17, 15) is 4.79 Å². The van der Waals surface area contributed by atoms with Crippen LogP contribution in [-0.2, 0) is 0 Å². The zero-order chi connectivity index (χ0) is 14.5. The highest BCUT2D eigenvalue weighted by Crippen LogP contribution is 2.20. The number of aliphatic hydroxyl groups excluding tert-OH is 1. The lowest BCUT2D eigenvalue weighted by atomic mass is 9.90. The first kappa shape index (κ1) is 15.8. The second-order valence-electron chi connectivity index (χ2n) is 5.40. The first-order valence-corrected chi connectivity index (χ1v) is 6.64. The van der Waals surface area contributed by atoms with Crippen molar-refractivity contribution < 1.29 is 9.90 Å². The van der Waals surface area contributed by atoms with E-state index in [2.05, 4.69) is 10.6 Å². The van der Waals surface area contributed by atoms with Gasteiger partial charge in [0, 0.05) is 23.9 Å². The topological polar surface area (TPSA) is 61.4 Å². The van der Waals surface area contributed by atoms with E-state index in [-0.39, 0.29) is 18.1 Å². The van der Waals surface area contributed by atoms with Crippen LogP contribution in [-0.4, -0.2) is 24.3 Å². The van der Waals surface area contributed by atoms with Crippen LogP contribution < -0.4 is 10.6 Å². The van der Waals surface area contributed by atoms with Crippen molar-refractivity contribution in [1.82, 2.24) is 5.32 Å². The lowest BCUT2D eigenvalue weighted by Gasteiger charge is -2.24. The maximum atomic E-state index is 11.8. The molecule has 0 unspecified atom stereocenters. The summed E-state index contributed by atoms with van der Waals surface area (Å²) < 4.78 is 0. The van der Waals surface area contributed by atoms with Gasteiger partial charge in [0.1, 0.15) is 0 Å². The number of aliphatic hydroxyl groups is 1. The molecular formula is C14H21ClN2O2. The van der Waals surface area contributed by atoms with Crippen molar-refractivity contribution >= 4 is 23.3 Å². The number of nitrogens with one attached hydrogen (secondary N) is 2. The second kappa shape index (κ2) is 6.78. The van der Waals surface area contributed by atoms with E-state index in [0.717, 1.165) is 11.3 Å². The molecule has 0 saturated heterocycles. The summed E-state index contributed by atoms with van der Waals surface area (Å²) >= 11 is 5.86. The summed E-state index contributed by atoms with van der Waals surface area (Å²) in [5.74, 6) is 0. The summed E-state index contributed by atoms with van der Waals surface area (Å²) in [6, 6.07) is 5.06. The Morgan fingerprint density at radius 1 is 1.42 bits per heavy atom. The molecule has 0 radical (unpaired) electrons. The maximum absolute atomic E-state index is 11.8. The van der Waals surface area contributed by atoms with Crippen LogP contribution in [0.2, 0.25) is 5.02 Å². The van der Waals surface area contributed by atoms with Crippen molar-refractivity contribution in [2.24, 2.45) is 5.41 Å². The van der Waals surface area contributed by atoms with Crippen molar-refractivity contribution in [3.63, 3.8) is 0 Å². The van der Waals surface area contributed by atoms with Crippen LogP contribution in [0.3, 0.4) is 0 Å². The maximum Gasteiger partial charge on any atom is 0.319 e. The fraction of sp³-hybridized carbons (Fsp3) is 0.500. The Morgan fingerprint density at radius 3 is 2.68 bits per heavy atom. The van der Waals surface area contributed by atoms with Crippen molar-refractivity contribution in [2.75, 3.05) is 18.5 Å². The standard InChI is InChI=1S/C14H21ClN2O2/c1-10-8-11(15)4-5-12(10)17-13(19)16-9-14(2,3)6-7-18/h4-5,8,18H,6-7,9H2,1-3H3,(H2,16,17,19). The van der Waals surface area contributed by atoms with E-state index in [1.54, 1.807) is 18.2 Å². The fourth-order valence-electron chi connectivity index (χ4n) is 1.64. The average molecular weight is 285 g/mol. The molecule has 0 aromatic heterocycles. The number of carbonyl (C=O) groups excluding carboxylic acids is 1. The summed E-state index contributed by atoms with van der Waals surface area (Å²) in [5.41, 5.74) is 1.53. The van der Waals surface area contributed by atoms with Gasteiger partial charge in [-0.3, -0.25) is 0 Å². The van der Waals surface area contributed by atoms with Gasteiger partial charge in [-0.15, -0.1) is 0 Å². The largest absolute Gasteiger partial charge is 0.396 e. The van der Waals surface area contributed by atoms with E-state index >= 15 is 0 Å². The molecule has 3 N–H and O–H groups in total. The molecule has 0 spiro atoms. The molecule has 0 aliphatic heterocycles. The lowest BCUT2D eigenvalue weighted by Crippen LogP contribution is -2.37. The Labute approximate surface area is 119 Å². The molecule has 5 heteroatoms. The minimum absolute atomic E-state index is 0.118. The highest BCUT2D eigenvalue weighted by molar-refractivity contribution is 6.30. The van der Waals surface area contributed by atoms with Gasteiger partial charge in [0.05, 0.1) is 0 Å². The molecule has 0 bridgehead atoms. The third-order valence-electron chi connectivity index (χ3n) is 2.95. The smallest absolute Gasteiger partial charge is 0.319 e. The van der Waals surface area contributed by atoms with Gasteiger partial charge in [0.15, 0.2) is 0 Å².